The third kappa shape index (κ3) is 12.0. The van der Waals surface area contributed by atoms with Crippen molar-refractivity contribution in [2.45, 2.75) is 57.3 Å². The van der Waals surface area contributed by atoms with Crippen molar-refractivity contribution < 1.29 is 60.4 Å². The summed E-state index contributed by atoms with van der Waals surface area (Å²) < 4.78 is 75.8. The predicted molar refractivity (Wildman–Crippen MR) is 138 cm³/mol. The van der Waals surface area contributed by atoms with Crippen molar-refractivity contribution in [2.75, 3.05) is 32.8 Å². The molecule has 3 N–H and O–H groups in total. The number of hydrogen-bond donors (Lipinski definition) is 3. The zero-order chi connectivity index (χ0) is 32.4. The fraction of sp³-hybridized carbons (Fsp3) is 0.560. The van der Waals surface area contributed by atoms with E-state index in [9.17, 15) is 31.1 Å². The van der Waals surface area contributed by atoms with Gasteiger partial charge < -0.3 is 25.0 Å². The number of carbonyl (C=O) groups is 3. The molecule has 2 unspecified atom stereocenters. The average molecular weight is 645 g/mol. The predicted octanol–water partition coefficient (Wildman–Crippen LogP) is 3.60. The molecule has 4 heterocycles. The standard InChI is InChI=1S/C21H28N4O3S.2C2HF3O2/c1-15-19(29-16(2)24-15)12-25-8-9-27-14-21(13-25)6-5-18(28-21)11-23-20(26)17-4-3-7-22-10-17;2*3-2(4,5)1(6)7/h3-4,7,10,18H,5-6,8-9,11-14H2,1-2H3,(H,23,26);2*(H,6,7). The third-order valence-electron chi connectivity index (χ3n) is 6.03. The van der Waals surface area contributed by atoms with Gasteiger partial charge in [-0.15, -0.1) is 11.3 Å². The number of nitrogens with zero attached hydrogens (tertiary/aromatic N) is 3. The molecular formula is C25H30F6N4O7S. The number of hydrogen-bond acceptors (Lipinski definition) is 9. The Kier molecular flexibility index (Phi) is 12.8. The summed E-state index contributed by atoms with van der Waals surface area (Å²) in [6, 6.07) is 3.53. The molecule has 11 nitrogen and oxygen atoms in total. The molecular weight excluding hydrogens is 614 g/mol. The van der Waals surface area contributed by atoms with Gasteiger partial charge in [0.2, 0.25) is 0 Å². The lowest BCUT2D eigenvalue weighted by atomic mass is 10.00. The first kappa shape index (κ1) is 35.8. The first-order chi connectivity index (χ1) is 19.9. The van der Waals surface area contributed by atoms with Crippen molar-refractivity contribution in [3.63, 3.8) is 0 Å². The van der Waals surface area contributed by atoms with Crippen LogP contribution < -0.4 is 5.32 Å². The minimum atomic E-state index is -5.08. The molecule has 0 radical (unpaired) electrons. The number of carboxylic acid groups (broad SMARTS) is 2. The summed E-state index contributed by atoms with van der Waals surface area (Å²) in [5, 5.41) is 18.3. The van der Waals surface area contributed by atoms with Crippen molar-refractivity contribution in [3.8, 4) is 0 Å². The molecule has 240 valence electrons. The van der Waals surface area contributed by atoms with Crippen LogP contribution in [0.25, 0.3) is 0 Å². The summed E-state index contributed by atoms with van der Waals surface area (Å²) in [4.78, 5) is 42.3. The van der Waals surface area contributed by atoms with Gasteiger partial charge >= 0.3 is 24.3 Å². The Morgan fingerprint density at radius 3 is 2.28 bits per heavy atom. The van der Waals surface area contributed by atoms with Gasteiger partial charge in [-0.25, -0.2) is 14.6 Å². The van der Waals surface area contributed by atoms with Crippen LogP contribution in [-0.2, 0) is 25.6 Å². The molecule has 2 atom stereocenters. The van der Waals surface area contributed by atoms with E-state index in [1.807, 2.05) is 0 Å². The quantitative estimate of drug-likeness (QED) is 0.412. The Morgan fingerprint density at radius 1 is 1.14 bits per heavy atom. The van der Waals surface area contributed by atoms with E-state index >= 15 is 0 Å². The topological polar surface area (TPSA) is 151 Å². The molecule has 0 aliphatic carbocycles. The monoisotopic (exact) mass is 644 g/mol. The molecule has 2 fully saturated rings. The maximum Gasteiger partial charge on any atom is 0.490 e. The van der Waals surface area contributed by atoms with E-state index in [1.165, 1.54) is 4.88 Å². The van der Waals surface area contributed by atoms with Crippen LogP contribution in [0.1, 0.15) is 38.8 Å². The molecule has 0 saturated carbocycles. The van der Waals surface area contributed by atoms with Crippen LogP contribution >= 0.6 is 11.3 Å². The second kappa shape index (κ2) is 15.4. The Hall–Kier alpha value is -3.35. The van der Waals surface area contributed by atoms with Crippen LogP contribution in [0.3, 0.4) is 0 Å². The Labute approximate surface area is 245 Å². The number of pyridine rings is 1. The average Bonchev–Trinajstić information content (AvgIpc) is 3.38. The van der Waals surface area contributed by atoms with Crippen LogP contribution in [0, 0.1) is 13.8 Å². The molecule has 0 aromatic carbocycles. The number of aromatic nitrogens is 2. The molecule has 2 aromatic rings. The number of carboxylic acids is 2. The lowest BCUT2D eigenvalue weighted by molar-refractivity contribution is -0.193. The van der Waals surface area contributed by atoms with E-state index in [1.54, 1.807) is 35.9 Å². The van der Waals surface area contributed by atoms with E-state index in [4.69, 9.17) is 29.3 Å². The summed E-state index contributed by atoms with van der Waals surface area (Å²) in [6.45, 7) is 8.58. The van der Waals surface area contributed by atoms with E-state index in [2.05, 4.69) is 34.0 Å². The number of halogens is 6. The summed E-state index contributed by atoms with van der Waals surface area (Å²) >= 11 is 1.77. The first-order valence-electron chi connectivity index (χ1n) is 12.6. The molecule has 0 bridgehead atoms. The van der Waals surface area contributed by atoms with Crippen LogP contribution in [-0.4, -0.2) is 99.8 Å². The Balaban J connectivity index is 0.000000384. The second-order valence-electron chi connectivity index (χ2n) is 9.52. The lowest BCUT2D eigenvalue weighted by Gasteiger charge is -2.32. The largest absolute Gasteiger partial charge is 0.490 e. The Bertz CT molecular complexity index is 1200. The van der Waals surface area contributed by atoms with Crippen LogP contribution in [0.4, 0.5) is 26.3 Å². The van der Waals surface area contributed by atoms with Crippen molar-refractivity contribution in [1.82, 2.24) is 20.2 Å². The van der Waals surface area contributed by atoms with Crippen molar-refractivity contribution in [1.29, 1.82) is 0 Å². The van der Waals surface area contributed by atoms with Gasteiger partial charge in [-0.05, 0) is 38.8 Å². The number of ether oxygens (including phenoxy) is 2. The van der Waals surface area contributed by atoms with Gasteiger partial charge in [0.25, 0.3) is 5.91 Å². The molecule has 2 aromatic heterocycles. The molecule has 2 aliphatic rings. The molecule has 2 saturated heterocycles. The number of aliphatic carboxylic acids is 2. The van der Waals surface area contributed by atoms with Crippen LogP contribution in [0.15, 0.2) is 24.5 Å². The molecule has 4 rings (SSSR count). The van der Waals surface area contributed by atoms with Gasteiger partial charge in [-0.1, -0.05) is 0 Å². The zero-order valence-electron chi connectivity index (χ0n) is 23.0. The number of amides is 1. The van der Waals surface area contributed by atoms with E-state index in [-0.39, 0.29) is 17.6 Å². The second-order valence-corrected chi connectivity index (χ2v) is 10.8. The number of nitrogens with one attached hydrogen (secondary N) is 1. The maximum atomic E-state index is 12.3. The minimum absolute atomic E-state index is 0.00607. The normalized spacial score (nSPS) is 20.7. The number of thiazole rings is 1. The lowest BCUT2D eigenvalue weighted by Crippen LogP contribution is -2.45. The summed E-state index contributed by atoms with van der Waals surface area (Å²) in [6.07, 6.45) is -5.06. The van der Waals surface area contributed by atoms with Gasteiger partial charge in [0, 0.05) is 43.4 Å². The SMILES string of the molecule is Cc1nc(C)c(CN2CCOCC3(CCC(CNC(=O)c4cccnc4)O3)C2)s1.O=C(O)C(F)(F)F.O=C(O)C(F)(F)F. The molecule has 1 spiro atoms. The summed E-state index contributed by atoms with van der Waals surface area (Å²) in [5.74, 6) is -5.63. The molecule has 43 heavy (non-hydrogen) atoms. The number of aryl methyl sites for hydroxylation is 2. The van der Waals surface area contributed by atoms with Gasteiger partial charge in [0.1, 0.15) is 5.60 Å². The zero-order valence-corrected chi connectivity index (χ0v) is 23.8. The van der Waals surface area contributed by atoms with E-state index in [0.29, 0.717) is 25.3 Å². The highest BCUT2D eigenvalue weighted by molar-refractivity contribution is 7.11. The van der Waals surface area contributed by atoms with Gasteiger partial charge in [-0.2, -0.15) is 26.3 Å². The molecule has 2 aliphatic heterocycles. The highest BCUT2D eigenvalue weighted by Crippen LogP contribution is 2.34. The van der Waals surface area contributed by atoms with Gasteiger partial charge in [0.15, 0.2) is 0 Å². The molecule has 18 heteroatoms. The van der Waals surface area contributed by atoms with Crippen LogP contribution in [0.5, 0.6) is 0 Å². The number of alkyl halides is 6. The number of carbonyl (C=O) groups excluding carboxylic acids is 1. The van der Waals surface area contributed by atoms with Crippen molar-refractivity contribution >= 4 is 29.2 Å². The number of rotatable bonds is 5. The summed E-state index contributed by atoms with van der Waals surface area (Å²) in [5.41, 5.74) is 1.39. The van der Waals surface area contributed by atoms with Gasteiger partial charge in [-0.3, -0.25) is 14.7 Å². The highest BCUT2D eigenvalue weighted by Gasteiger charge is 2.43. The maximum absolute atomic E-state index is 12.3. The Morgan fingerprint density at radius 2 is 1.77 bits per heavy atom. The fourth-order valence-corrected chi connectivity index (χ4v) is 5.09. The van der Waals surface area contributed by atoms with Crippen molar-refractivity contribution in [2.24, 2.45) is 0 Å². The van der Waals surface area contributed by atoms with E-state index in [0.717, 1.165) is 43.2 Å². The third-order valence-corrected chi connectivity index (χ3v) is 7.09. The first-order valence-corrected chi connectivity index (χ1v) is 13.4. The summed E-state index contributed by atoms with van der Waals surface area (Å²) in [7, 11) is 0. The smallest absolute Gasteiger partial charge is 0.475 e. The molecule has 1 amide bonds. The highest BCUT2D eigenvalue weighted by atomic mass is 32.1. The minimum Gasteiger partial charge on any atom is -0.475 e. The van der Waals surface area contributed by atoms with Crippen LogP contribution in [0.2, 0.25) is 0 Å². The van der Waals surface area contributed by atoms with Gasteiger partial charge in [0.05, 0.1) is 35.6 Å². The van der Waals surface area contributed by atoms with Crippen molar-refractivity contribution in [3.05, 3.63) is 45.7 Å². The fourth-order valence-electron chi connectivity index (χ4n) is 4.11. The van der Waals surface area contributed by atoms with E-state index < -0.39 is 24.3 Å².